The Balaban J connectivity index is 1.58. The molecule has 3 aromatic rings. The molecule has 0 saturated carbocycles. The highest BCUT2D eigenvalue weighted by Crippen LogP contribution is 2.23. The lowest BCUT2D eigenvalue weighted by atomic mass is 9.99. The number of amides is 1. The van der Waals surface area contributed by atoms with E-state index in [9.17, 15) is 14.9 Å². The van der Waals surface area contributed by atoms with Crippen molar-refractivity contribution in [2.45, 2.75) is 13.3 Å². The molecule has 0 aliphatic heterocycles. The summed E-state index contributed by atoms with van der Waals surface area (Å²) in [6, 6.07) is 22.0. The predicted molar refractivity (Wildman–Crippen MR) is 142 cm³/mol. The van der Waals surface area contributed by atoms with Crippen LogP contribution in [0.3, 0.4) is 0 Å². The number of carbonyl (C=O) groups excluding carboxylic acids is 2. The van der Waals surface area contributed by atoms with Crippen LogP contribution in [-0.2, 0) is 9.47 Å². The number of hydrogen-bond acceptors (Lipinski definition) is 6. The summed E-state index contributed by atoms with van der Waals surface area (Å²) < 4.78 is 15.9. The van der Waals surface area contributed by atoms with E-state index in [4.69, 9.17) is 14.2 Å². The van der Waals surface area contributed by atoms with Gasteiger partial charge in [-0.05, 0) is 47.5 Å². The van der Waals surface area contributed by atoms with E-state index in [-0.39, 0.29) is 18.5 Å². The van der Waals surface area contributed by atoms with Crippen molar-refractivity contribution in [2.24, 2.45) is 0 Å². The second-order valence-corrected chi connectivity index (χ2v) is 8.07. The lowest BCUT2D eigenvalue weighted by molar-refractivity contribution is -0.00856. The Morgan fingerprint density at radius 2 is 1.78 bits per heavy atom. The lowest BCUT2D eigenvalue weighted by Crippen LogP contribution is -2.23. The summed E-state index contributed by atoms with van der Waals surface area (Å²) in [5, 5.41) is 12.1. The standard InChI is InChI=1S/C30H30N2O5/c1-3-28(33)26-7-4-6-25(19-26)23-10-12-24(13-11-23)30(34)32-15-5-8-27-18-22(20-31)9-14-29(27)37-21-36-17-16-35-2/h4-14,18-19H,3,15-17,21H2,1-2H3,(H,32,34)/b8-5+. The minimum Gasteiger partial charge on any atom is -0.467 e. The van der Waals surface area contributed by atoms with Gasteiger partial charge in [-0.25, -0.2) is 0 Å². The number of rotatable bonds is 13. The Kier molecular flexibility index (Phi) is 10.6. The number of methoxy groups -OCH3 is 1. The van der Waals surface area contributed by atoms with Gasteiger partial charge in [0.15, 0.2) is 12.6 Å². The van der Waals surface area contributed by atoms with Gasteiger partial charge in [-0.1, -0.05) is 49.4 Å². The van der Waals surface area contributed by atoms with Crippen LogP contribution < -0.4 is 10.1 Å². The van der Waals surface area contributed by atoms with E-state index in [0.717, 1.165) is 11.1 Å². The number of ketones is 1. The third-order valence-corrected chi connectivity index (χ3v) is 5.53. The van der Waals surface area contributed by atoms with Crippen molar-refractivity contribution in [1.82, 2.24) is 5.32 Å². The number of ether oxygens (including phenoxy) is 3. The van der Waals surface area contributed by atoms with Crippen LogP contribution in [-0.4, -0.2) is 45.4 Å². The first kappa shape index (κ1) is 27.3. The van der Waals surface area contributed by atoms with E-state index >= 15 is 0 Å². The second-order valence-electron chi connectivity index (χ2n) is 8.07. The van der Waals surface area contributed by atoms with Gasteiger partial charge in [0.25, 0.3) is 5.91 Å². The zero-order chi connectivity index (χ0) is 26.5. The number of carbonyl (C=O) groups is 2. The van der Waals surface area contributed by atoms with Gasteiger partial charge in [-0.15, -0.1) is 0 Å². The molecule has 3 rings (SSSR count). The molecule has 0 atom stereocenters. The van der Waals surface area contributed by atoms with Crippen LogP contribution in [0.1, 0.15) is 45.2 Å². The van der Waals surface area contributed by atoms with Gasteiger partial charge in [0.05, 0.1) is 24.8 Å². The third kappa shape index (κ3) is 8.14. The molecule has 0 aliphatic rings. The first-order valence-electron chi connectivity index (χ1n) is 12.0. The molecule has 0 radical (unpaired) electrons. The van der Waals surface area contributed by atoms with Gasteiger partial charge in [-0.2, -0.15) is 5.26 Å². The number of benzene rings is 3. The zero-order valence-electron chi connectivity index (χ0n) is 21.0. The monoisotopic (exact) mass is 498 g/mol. The van der Waals surface area contributed by atoms with Crippen molar-refractivity contribution >= 4 is 17.8 Å². The number of nitrogens with one attached hydrogen (secondary N) is 1. The number of nitrogens with zero attached hydrogens (tertiary/aromatic N) is 1. The molecule has 1 amide bonds. The summed E-state index contributed by atoms with van der Waals surface area (Å²) in [4.78, 5) is 24.6. The van der Waals surface area contributed by atoms with Crippen molar-refractivity contribution in [1.29, 1.82) is 5.26 Å². The highest BCUT2D eigenvalue weighted by atomic mass is 16.7. The minimum absolute atomic E-state index is 0.0576. The van der Waals surface area contributed by atoms with E-state index in [1.807, 2.05) is 43.3 Å². The molecule has 0 saturated heterocycles. The Morgan fingerprint density at radius 1 is 0.973 bits per heavy atom. The largest absolute Gasteiger partial charge is 0.467 e. The fourth-order valence-corrected chi connectivity index (χ4v) is 3.52. The molecule has 7 heteroatoms. The second kappa shape index (κ2) is 14.3. The predicted octanol–water partition coefficient (Wildman–Crippen LogP) is 5.26. The maximum Gasteiger partial charge on any atom is 0.251 e. The summed E-state index contributed by atoms with van der Waals surface area (Å²) >= 11 is 0. The van der Waals surface area contributed by atoms with Gasteiger partial charge in [0.2, 0.25) is 0 Å². The van der Waals surface area contributed by atoms with Gasteiger partial charge in [0, 0.05) is 36.8 Å². The van der Waals surface area contributed by atoms with E-state index < -0.39 is 0 Å². The molecule has 37 heavy (non-hydrogen) atoms. The molecular formula is C30H30N2O5. The van der Waals surface area contributed by atoms with Gasteiger partial charge in [0.1, 0.15) is 5.75 Å². The normalized spacial score (nSPS) is 10.7. The first-order chi connectivity index (χ1) is 18.0. The topological polar surface area (TPSA) is 97.7 Å². The summed E-state index contributed by atoms with van der Waals surface area (Å²) in [5.74, 6) is 0.457. The molecule has 1 N–H and O–H groups in total. The lowest BCUT2D eigenvalue weighted by Gasteiger charge is -2.10. The summed E-state index contributed by atoms with van der Waals surface area (Å²) in [7, 11) is 1.60. The first-order valence-corrected chi connectivity index (χ1v) is 12.0. The Hall–Kier alpha value is -4.25. The van der Waals surface area contributed by atoms with Crippen molar-refractivity contribution < 1.29 is 23.8 Å². The van der Waals surface area contributed by atoms with Crippen molar-refractivity contribution in [2.75, 3.05) is 33.7 Å². The van der Waals surface area contributed by atoms with E-state index in [1.54, 1.807) is 49.6 Å². The molecular weight excluding hydrogens is 468 g/mol. The molecule has 0 heterocycles. The summed E-state index contributed by atoms with van der Waals surface area (Å²) in [5.41, 5.74) is 4.27. The SMILES string of the molecule is CCC(=O)c1cccc(-c2ccc(C(=O)NC/C=C/c3cc(C#N)ccc3OCOCCOC)cc2)c1. The van der Waals surface area contributed by atoms with Gasteiger partial charge < -0.3 is 19.5 Å². The Morgan fingerprint density at radius 3 is 2.51 bits per heavy atom. The molecule has 0 aliphatic carbocycles. The van der Waals surface area contributed by atoms with Crippen molar-refractivity contribution in [3.63, 3.8) is 0 Å². The minimum atomic E-state index is -0.208. The number of nitriles is 1. The molecule has 0 aromatic heterocycles. The highest BCUT2D eigenvalue weighted by Gasteiger charge is 2.08. The van der Waals surface area contributed by atoms with Crippen LogP contribution in [0.15, 0.2) is 72.8 Å². The van der Waals surface area contributed by atoms with Crippen LogP contribution >= 0.6 is 0 Å². The molecule has 3 aromatic carbocycles. The number of Topliss-reactive ketones (excluding diaryl/α,β-unsaturated/α-hetero) is 1. The van der Waals surface area contributed by atoms with Crippen LogP contribution in [0.4, 0.5) is 0 Å². The van der Waals surface area contributed by atoms with Crippen LogP contribution in [0, 0.1) is 11.3 Å². The molecule has 0 bridgehead atoms. The Bertz CT molecular complexity index is 1280. The van der Waals surface area contributed by atoms with E-state index in [2.05, 4.69) is 11.4 Å². The zero-order valence-corrected chi connectivity index (χ0v) is 21.0. The van der Waals surface area contributed by atoms with Crippen LogP contribution in [0.25, 0.3) is 17.2 Å². The average molecular weight is 499 g/mol. The molecule has 190 valence electrons. The molecule has 7 nitrogen and oxygen atoms in total. The Labute approximate surface area is 217 Å². The molecule has 0 spiro atoms. The van der Waals surface area contributed by atoms with E-state index in [0.29, 0.717) is 54.2 Å². The summed E-state index contributed by atoms with van der Waals surface area (Å²) in [6.07, 6.45) is 4.04. The maximum atomic E-state index is 12.6. The average Bonchev–Trinajstić information content (AvgIpc) is 2.95. The van der Waals surface area contributed by atoms with Crippen molar-refractivity contribution in [3.05, 3.63) is 95.1 Å². The van der Waals surface area contributed by atoms with Gasteiger partial charge in [-0.3, -0.25) is 9.59 Å². The molecule has 0 fully saturated rings. The fraction of sp³-hybridized carbons (Fsp3) is 0.233. The van der Waals surface area contributed by atoms with E-state index in [1.165, 1.54) is 0 Å². The van der Waals surface area contributed by atoms with Crippen LogP contribution in [0.5, 0.6) is 5.75 Å². The summed E-state index contributed by atoms with van der Waals surface area (Å²) in [6.45, 7) is 3.08. The molecule has 0 unspecified atom stereocenters. The number of hydrogen-bond donors (Lipinski definition) is 1. The third-order valence-electron chi connectivity index (χ3n) is 5.53. The highest BCUT2D eigenvalue weighted by molar-refractivity contribution is 5.97. The van der Waals surface area contributed by atoms with Crippen LogP contribution in [0.2, 0.25) is 0 Å². The quantitative estimate of drug-likeness (QED) is 0.196. The van der Waals surface area contributed by atoms with Crippen molar-refractivity contribution in [3.8, 4) is 22.9 Å². The van der Waals surface area contributed by atoms with Gasteiger partial charge >= 0.3 is 0 Å². The smallest absolute Gasteiger partial charge is 0.251 e. The maximum absolute atomic E-state index is 12.6. The fourth-order valence-electron chi connectivity index (χ4n) is 3.52.